The quantitative estimate of drug-likeness (QED) is 0.613. The number of hydrogen-bond donors (Lipinski definition) is 1. The highest BCUT2D eigenvalue weighted by Gasteiger charge is 2.19. The first-order valence-electron chi connectivity index (χ1n) is 10.3. The van der Waals surface area contributed by atoms with Gasteiger partial charge in [0, 0.05) is 19.1 Å². The van der Waals surface area contributed by atoms with E-state index in [1.807, 2.05) is 40.7 Å². The van der Waals surface area contributed by atoms with Gasteiger partial charge in [-0.15, -0.1) is 5.10 Å². The lowest BCUT2D eigenvalue weighted by Crippen LogP contribution is -2.37. The van der Waals surface area contributed by atoms with E-state index in [1.54, 1.807) is 17.9 Å². The number of rotatable bonds is 7. The number of ether oxygens (including phenoxy) is 2. The second-order valence-corrected chi connectivity index (χ2v) is 7.97. The highest BCUT2D eigenvalue weighted by molar-refractivity contribution is 5.76. The molecule has 0 spiro atoms. The van der Waals surface area contributed by atoms with Crippen molar-refractivity contribution >= 4 is 6.09 Å². The van der Waals surface area contributed by atoms with Crippen molar-refractivity contribution in [3.8, 4) is 22.6 Å². The zero-order chi connectivity index (χ0) is 22.5. The van der Waals surface area contributed by atoms with E-state index in [0.29, 0.717) is 12.4 Å². The maximum atomic E-state index is 12.4. The fourth-order valence-electron chi connectivity index (χ4n) is 3.34. The normalized spacial score (nSPS) is 12.1. The Bertz CT molecular complexity index is 1040. The average Bonchev–Trinajstić information content (AvgIpc) is 3.20. The Hall–Kier alpha value is -3.26. The van der Waals surface area contributed by atoms with Gasteiger partial charge in [0.1, 0.15) is 5.75 Å². The first-order chi connectivity index (χ1) is 14.8. The van der Waals surface area contributed by atoms with Gasteiger partial charge >= 0.3 is 6.09 Å². The van der Waals surface area contributed by atoms with Gasteiger partial charge in [0.15, 0.2) is 5.82 Å². The standard InChI is InChI=1S/C23H29N5O3/c1-14(2)22-25-26-27-28(22)21-12-19(31-23(29)24-16(4)13-30-6)11-20(17(21)5)18-9-7-15(3)8-10-18/h7-12,14,16H,13H2,1-6H3,(H,24,29). The van der Waals surface area contributed by atoms with Crippen molar-refractivity contribution in [3.63, 3.8) is 0 Å². The summed E-state index contributed by atoms with van der Waals surface area (Å²) in [6.45, 7) is 10.4. The number of benzene rings is 2. The summed E-state index contributed by atoms with van der Waals surface area (Å²) in [6.07, 6.45) is -0.546. The number of nitrogens with zero attached hydrogens (tertiary/aromatic N) is 4. The molecule has 0 aliphatic heterocycles. The first-order valence-corrected chi connectivity index (χ1v) is 10.3. The SMILES string of the molecule is COCC(C)NC(=O)Oc1cc(-c2ccc(C)cc2)c(C)c(-n2nnnc2C(C)C)c1. The zero-order valence-electron chi connectivity index (χ0n) is 18.8. The molecule has 0 aliphatic carbocycles. The highest BCUT2D eigenvalue weighted by Crippen LogP contribution is 2.33. The van der Waals surface area contributed by atoms with Crippen LogP contribution in [0, 0.1) is 13.8 Å². The van der Waals surface area contributed by atoms with E-state index in [-0.39, 0.29) is 12.0 Å². The maximum Gasteiger partial charge on any atom is 0.412 e. The monoisotopic (exact) mass is 423 g/mol. The second kappa shape index (κ2) is 9.70. The van der Waals surface area contributed by atoms with E-state index >= 15 is 0 Å². The van der Waals surface area contributed by atoms with Gasteiger partial charge in [0.2, 0.25) is 0 Å². The molecule has 3 aromatic rings. The highest BCUT2D eigenvalue weighted by atomic mass is 16.6. The number of nitrogens with one attached hydrogen (secondary N) is 1. The fraction of sp³-hybridized carbons (Fsp3) is 0.391. The van der Waals surface area contributed by atoms with Crippen molar-refractivity contribution in [2.75, 3.05) is 13.7 Å². The lowest BCUT2D eigenvalue weighted by molar-refractivity contribution is 0.159. The minimum absolute atomic E-state index is 0.125. The zero-order valence-corrected chi connectivity index (χ0v) is 18.8. The molecule has 0 fully saturated rings. The van der Waals surface area contributed by atoms with E-state index in [1.165, 1.54) is 5.56 Å². The molecule has 0 aliphatic rings. The van der Waals surface area contributed by atoms with Crippen LogP contribution in [0.4, 0.5) is 4.79 Å². The van der Waals surface area contributed by atoms with Gasteiger partial charge in [0.05, 0.1) is 18.3 Å². The van der Waals surface area contributed by atoms with E-state index in [4.69, 9.17) is 9.47 Å². The molecule has 1 amide bonds. The third-order valence-electron chi connectivity index (χ3n) is 4.95. The van der Waals surface area contributed by atoms with Gasteiger partial charge < -0.3 is 14.8 Å². The Morgan fingerprint density at radius 1 is 1.13 bits per heavy atom. The summed E-state index contributed by atoms with van der Waals surface area (Å²) in [5.74, 6) is 1.26. The molecule has 1 aromatic heterocycles. The van der Waals surface area contributed by atoms with Crippen LogP contribution < -0.4 is 10.1 Å². The average molecular weight is 424 g/mol. The number of carbonyl (C=O) groups excluding carboxylic acids is 1. The maximum absolute atomic E-state index is 12.4. The lowest BCUT2D eigenvalue weighted by Gasteiger charge is -2.17. The number of tetrazole rings is 1. The molecule has 8 heteroatoms. The van der Waals surface area contributed by atoms with E-state index in [9.17, 15) is 4.79 Å². The van der Waals surface area contributed by atoms with Crippen LogP contribution in [0.3, 0.4) is 0 Å². The number of methoxy groups -OCH3 is 1. The van der Waals surface area contributed by atoms with Crippen LogP contribution in [0.2, 0.25) is 0 Å². The number of carbonyl (C=O) groups is 1. The Balaban J connectivity index is 2.06. The van der Waals surface area contributed by atoms with Gasteiger partial charge in [-0.05, 0) is 54.0 Å². The smallest absolute Gasteiger partial charge is 0.410 e. The third-order valence-corrected chi connectivity index (χ3v) is 4.95. The molecule has 1 N–H and O–H groups in total. The van der Waals surface area contributed by atoms with Gasteiger partial charge in [-0.3, -0.25) is 0 Å². The van der Waals surface area contributed by atoms with Gasteiger partial charge in [-0.25, -0.2) is 4.79 Å². The third kappa shape index (κ3) is 5.27. The molecule has 3 rings (SSSR count). The van der Waals surface area contributed by atoms with E-state index in [2.05, 4.69) is 45.1 Å². The summed E-state index contributed by atoms with van der Waals surface area (Å²) in [6, 6.07) is 11.7. The molecular formula is C23H29N5O3. The summed E-state index contributed by atoms with van der Waals surface area (Å²) in [4.78, 5) is 12.4. The molecule has 8 nitrogen and oxygen atoms in total. The van der Waals surface area contributed by atoms with Crippen LogP contribution in [0.25, 0.3) is 16.8 Å². The van der Waals surface area contributed by atoms with Crippen LogP contribution in [0.1, 0.15) is 43.6 Å². The summed E-state index contributed by atoms with van der Waals surface area (Å²) in [5.41, 5.74) is 4.87. The Labute approximate surface area is 182 Å². The van der Waals surface area contributed by atoms with Crippen molar-refractivity contribution in [2.24, 2.45) is 0 Å². The Kier molecular flexibility index (Phi) is 7.02. The fourth-order valence-corrected chi connectivity index (χ4v) is 3.34. The minimum atomic E-state index is -0.546. The largest absolute Gasteiger partial charge is 0.412 e. The lowest BCUT2D eigenvalue weighted by atomic mass is 9.97. The van der Waals surface area contributed by atoms with E-state index < -0.39 is 6.09 Å². The summed E-state index contributed by atoms with van der Waals surface area (Å²) < 4.78 is 12.4. The predicted octanol–water partition coefficient (Wildman–Crippen LogP) is 4.19. The van der Waals surface area contributed by atoms with Crippen LogP contribution >= 0.6 is 0 Å². The molecule has 0 bridgehead atoms. The Morgan fingerprint density at radius 3 is 2.48 bits per heavy atom. The van der Waals surface area contributed by atoms with Crippen molar-refractivity contribution in [1.82, 2.24) is 25.5 Å². The topological polar surface area (TPSA) is 91.2 Å². The number of aromatic nitrogens is 4. The number of hydrogen-bond acceptors (Lipinski definition) is 6. The molecule has 1 heterocycles. The summed E-state index contributed by atoms with van der Waals surface area (Å²) in [5, 5.41) is 15.0. The van der Waals surface area contributed by atoms with Crippen molar-refractivity contribution in [3.05, 3.63) is 53.3 Å². The molecule has 0 radical (unpaired) electrons. The number of aryl methyl sites for hydroxylation is 1. The molecule has 2 aromatic carbocycles. The molecule has 31 heavy (non-hydrogen) atoms. The van der Waals surface area contributed by atoms with Gasteiger partial charge in [0.25, 0.3) is 0 Å². The predicted molar refractivity (Wildman–Crippen MR) is 119 cm³/mol. The molecule has 0 saturated carbocycles. The van der Waals surface area contributed by atoms with Crippen LogP contribution in [0.15, 0.2) is 36.4 Å². The second-order valence-electron chi connectivity index (χ2n) is 7.97. The van der Waals surface area contributed by atoms with Crippen LogP contribution in [-0.4, -0.2) is 46.1 Å². The van der Waals surface area contributed by atoms with Crippen molar-refractivity contribution in [1.29, 1.82) is 0 Å². The van der Waals surface area contributed by atoms with Crippen LogP contribution in [0.5, 0.6) is 5.75 Å². The molecular weight excluding hydrogens is 394 g/mol. The van der Waals surface area contributed by atoms with Crippen molar-refractivity contribution < 1.29 is 14.3 Å². The van der Waals surface area contributed by atoms with E-state index in [0.717, 1.165) is 28.2 Å². The number of amides is 1. The molecule has 1 atom stereocenters. The summed E-state index contributed by atoms with van der Waals surface area (Å²) in [7, 11) is 1.59. The molecule has 1 unspecified atom stereocenters. The molecule has 164 valence electrons. The van der Waals surface area contributed by atoms with Gasteiger partial charge in [-0.1, -0.05) is 43.7 Å². The Morgan fingerprint density at radius 2 is 1.84 bits per heavy atom. The first kappa shape index (κ1) is 22.4. The van der Waals surface area contributed by atoms with Crippen molar-refractivity contribution in [2.45, 2.75) is 46.6 Å². The van der Waals surface area contributed by atoms with Crippen LogP contribution in [-0.2, 0) is 4.74 Å². The minimum Gasteiger partial charge on any atom is -0.410 e. The van der Waals surface area contributed by atoms with Gasteiger partial charge in [-0.2, -0.15) is 4.68 Å². The molecule has 0 saturated heterocycles. The summed E-state index contributed by atoms with van der Waals surface area (Å²) >= 11 is 0.